The number of ether oxygens (including phenoxy) is 1. The van der Waals surface area contributed by atoms with Gasteiger partial charge in [-0.3, -0.25) is 5.32 Å². The van der Waals surface area contributed by atoms with Gasteiger partial charge in [-0.1, -0.05) is 30.3 Å². The molecule has 0 aliphatic carbocycles. The molecule has 0 radical (unpaired) electrons. The van der Waals surface area contributed by atoms with Gasteiger partial charge in [-0.25, -0.2) is 9.79 Å². The fourth-order valence-electron chi connectivity index (χ4n) is 1.62. The second-order valence-corrected chi connectivity index (χ2v) is 4.27. The van der Waals surface area contributed by atoms with Crippen molar-refractivity contribution in [3.8, 4) is 5.75 Å². The number of guanidine groups is 1. The summed E-state index contributed by atoms with van der Waals surface area (Å²) in [6.07, 6.45) is -0.543. The van der Waals surface area contributed by atoms with E-state index in [1.165, 1.54) is 0 Å². The molecule has 2 rings (SSSR count). The third-order valence-electron chi connectivity index (χ3n) is 2.60. The molecule has 0 aromatic heterocycles. The van der Waals surface area contributed by atoms with Gasteiger partial charge >= 0.3 is 6.09 Å². The normalized spacial score (nSPS) is 9.71. The zero-order valence-electron chi connectivity index (χ0n) is 11.3. The fourth-order valence-corrected chi connectivity index (χ4v) is 1.62. The standard InChI is InChI=1S/C15H16N4O2/c16-14(17)18-10-11-6-8-13(9-7-11)21-15(20)19-12-4-2-1-3-5-12/h1-9H,10H2,(H,19,20)(H4,16,17,18). The van der Waals surface area contributed by atoms with E-state index in [1.807, 2.05) is 18.2 Å². The number of carbonyl (C=O) groups is 1. The Hall–Kier alpha value is -3.02. The highest BCUT2D eigenvalue weighted by Crippen LogP contribution is 2.14. The van der Waals surface area contributed by atoms with Gasteiger partial charge in [0.05, 0.1) is 6.54 Å². The summed E-state index contributed by atoms with van der Waals surface area (Å²) in [7, 11) is 0. The Morgan fingerprint density at radius 3 is 2.33 bits per heavy atom. The molecule has 0 saturated carbocycles. The van der Waals surface area contributed by atoms with Crippen LogP contribution in [0.3, 0.4) is 0 Å². The molecule has 0 fully saturated rings. The van der Waals surface area contributed by atoms with Crippen molar-refractivity contribution >= 4 is 17.7 Å². The number of benzene rings is 2. The summed E-state index contributed by atoms with van der Waals surface area (Å²) in [5, 5.41) is 2.63. The molecule has 0 atom stereocenters. The maximum atomic E-state index is 11.7. The van der Waals surface area contributed by atoms with E-state index in [-0.39, 0.29) is 5.96 Å². The molecule has 6 heteroatoms. The minimum Gasteiger partial charge on any atom is -0.410 e. The minimum atomic E-state index is -0.543. The van der Waals surface area contributed by atoms with Crippen molar-refractivity contribution in [3.05, 3.63) is 60.2 Å². The van der Waals surface area contributed by atoms with Gasteiger partial charge in [0.2, 0.25) is 0 Å². The van der Waals surface area contributed by atoms with Crippen molar-refractivity contribution in [3.63, 3.8) is 0 Å². The Labute approximate surface area is 122 Å². The van der Waals surface area contributed by atoms with Crippen LogP contribution in [-0.4, -0.2) is 12.1 Å². The van der Waals surface area contributed by atoms with Gasteiger partial charge in [0.25, 0.3) is 0 Å². The van der Waals surface area contributed by atoms with E-state index in [0.29, 0.717) is 18.0 Å². The second kappa shape index (κ2) is 6.95. The molecule has 108 valence electrons. The van der Waals surface area contributed by atoms with E-state index >= 15 is 0 Å². The number of hydrogen-bond acceptors (Lipinski definition) is 3. The molecule has 0 saturated heterocycles. The number of para-hydroxylation sites is 1. The van der Waals surface area contributed by atoms with Gasteiger partial charge in [-0.05, 0) is 29.8 Å². The van der Waals surface area contributed by atoms with Crippen LogP contribution in [0.1, 0.15) is 5.56 Å². The van der Waals surface area contributed by atoms with E-state index in [9.17, 15) is 4.79 Å². The summed E-state index contributed by atoms with van der Waals surface area (Å²) < 4.78 is 5.16. The van der Waals surface area contributed by atoms with Gasteiger partial charge in [0.15, 0.2) is 5.96 Å². The fraction of sp³-hybridized carbons (Fsp3) is 0.0667. The zero-order valence-corrected chi connectivity index (χ0v) is 11.3. The number of carbonyl (C=O) groups excluding carboxylic acids is 1. The first-order valence-corrected chi connectivity index (χ1v) is 6.32. The van der Waals surface area contributed by atoms with Crippen LogP contribution in [0.5, 0.6) is 5.75 Å². The van der Waals surface area contributed by atoms with Crippen LogP contribution in [0, 0.1) is 0 Å². The van der Waals surface area contributed by atoms with Gasteiger partial charge in [-0.2, -0.15) is 0 Å². The number of amides is 1. The van der Waals surface area contributed by atoms with E-state index in [0.717, 1.165) is 5.56 Å². The largest absolute Gasteiger partial charge is 0.417 e. The molecule has 0 heterocycles. The molecule has 6 nitrogen and oxygen atoms in total. The van der Waals surface area contributed by atoms with Crippen molar-refractivity contribution in [1.82, 2.24) is 0 Å². The monoisotopic (exact) mass is 284 g/mol. The number of anilines is 1. The van der Waals surface area contributed by atoms with E-state index in [2.05, 4.69) is 10.3 Å². The van der Waals surface area contributed by atoms with Crippen LogP contribution >= 0.6 is 0 Å². The Morgan fingerprint density at radius 1 is 1.05 bits per heavy atom. The Balaban J connectivity index is 1.91. The smallest absolute Gasteiger partial charge is 0.410 e. The van der Waals surface area contributed by atoms with E-state index < -0.39 is 6.09 Å². The van der Waals surface area contributed by atoms with Gasteiger partial charge < -0.3 is 16.2 Å². The highest BCUT2D eigenvalue weighted by Gasteiger charge is 2.04. The first-order chi connectivity index (χ1) is 10.1. The molecule has 0 spiro atoms. The Bertz CT molecular complexity index is 620. The van der Waals surface area contributed by atoms with E-state index in [4.69, 9.17) is 16.2 Å². The second-order valence-electron chi connectivity index (χ2n) is 4.27. The SMILES string of the molecule is NC(N)=NCc1ccc(OC(=O)Nc2ccccc2)cc1. The highest BCUT2D eigenvalue weighted by atomic mass is 16.6. The molecule has 2 aromatic rings. The minimum absolute atomic E-state index is 0.0394. The number of nitrogens with zero attached hydrogens (tertiary/aromatic N) is 1. The van der Waals surface area contributed by atoms with Crippen molar-refractivity contribution in [2.75, 3.05) is 5.32 Å². The lowest BCUT2D eigenvalue weighted by Gasteiger charge is -2.07. The number of aliphatic imine (C=N–C) groups is 1. The topological polar surface area (TPSA) is 103 Å². The maximum Gasteiger partial charge on any atom is 0.417 e. The summed E-state index contributed by atoms with van der Waals surface area (Å²) in [6, 6.07) is 16.0. The molecule has 0 unspecified atom stereocenters. The molecule has 1 amide bonds. The maximum absolute atomic E-state index is 11.7. The van der Waals surface area contributed by atoms with Crippen molar-refractivity contribution in [1.29, 1.82) is 0 Å². The molecule has 2 aromatic carbocycles. The van der Waals surface area contributed by atoms with Crippen LogP contribution in [0.15, 0.2) is 59.6 Å². The van der Waals surface area contributed by atoms with Crippen LogP contribution in [0.4, 0.5) is 10.5 Å². The summed E-state index contributed by atoms with van der Waals surface area (Å²) in [4.78, 5) is 15.6. The number of nitrogens with one attached hydrogen (secondary N) is 1. The Morgan fingerprint density at radius 2 is 1.71 bits per heavy atom. The van der Waals surface area contributed by atoms with Crippen molar-refractivity contribution < 1.29 is 9.53 Å². The quantitative estimate of drug-likeness (QED) is 0.590. The van der Waals surface area contributed by atoms with Crippen LogP contribution in [0.2, 0.25) is 0 Å². The zero-order chi connectivity index (χ0) is 15.1. The molecule has 21 heavy (non-hydrogen) atoms. The van der Waals surface area contributed by atoms with Crippen LogP contribution in [0.25, 0.3) is 0 Å². The average Bonchev–Trinajstić information content (AvgIpc) is 2.47. The summed E-state index contributed by atoms with van der Waals surface area (Å²) >= 11 is 0. The summed E-state index contributed by atoms with van der Waals surface area (Å²) in [5.74, 6) is 0.481. The van der Waals surface area contributed by atoms with Crippen molar-refractivity contribution in [2.24, 2.45) is 16.5 Å². The summed E-state index contributed by atoms with van der Waals surface area (Å²) in [5.41, 5.74) is 12.1. The number of rotatable bonds is 4. The molecule has 0 aliphatic rings. The van der Waals surface area contributed by atoms with Crippen LogP contribution in [-0.2, 0) is 6.54 Å². The Kier molecular flexibility index (Phi) is 4.76. The molecule has 0 aliphatic heterocycles. The predicted molar refractivity (Wildman–Crippen MR) is 82.0 cm³/mol. The lowest BCUT2D eigenvalue weighted by molar-refractivity contribution is 0.215. The number of nitrogens with two attached hydrogens (primary N) is 2. The third-order valence-corrected chi connectivity index (χ3v) is 2.60. The average molecular weight is 284 g/mol. The predicted octanol–water partition coefficient (Wildman–Crippen LogP) is 2.07. The molecular weight excluding hydrogens is 268 g/mol. The molecule has 0 bridgehead atoms. The summed E-state index contributed by atoms with van der Waals surface area (Å²) in [6.45, 7) is 0.388. The third kappa shape index (κ3) is 4.87. The number of hydrogen-bond donors (Lipinski definition) is 3. The molecule has 5 N–H and O–H groups in total. The van der Waals surface area contributed by atoms with Crippen LogP contribution < -0.4 is 21.5 Å². The van der Waals surface area contributed by atoms with Gasteiger partial charge in [0, 0.05) is 5.69 Å². The van der Waals surface area contributed by atoms with E-state index in [1.54, 1.807) is 36.4 Å². The van der Waals surface area contributed by atoms with Crippen molar-refractivity contribution in [2.45, 2.75) is 6.54 Å². The lowest BCUT2D eigenvalue weighted by Crippen LogP contribution is -2.22. The van der Waals surface area contributed by atoms with Gasteiger partial charge in [-0.15, -0.1) is 0 Å². The van der Waals surface area contributed by atoms with Gasteiger partial charge in [0.1, 0.15) is 5.75 Å². The lowest BCUT2D eigenvalue weighted by atomic mass is 10.2. The highest BCUT2D eigenvalue weighted by molar-refractivity contribution is 5.86. The first-order valence-electron chi connectivity index (χ1n) is 6.32. The molecular formula is C15H16N4O2. The first kappa shape index (κ1) is 14.4.